The highest BCUT2D eigenvalue weighted by atomic mass is 35.5. The van der Waals surface area contributed by atoms with Crippen molar-refractivity contribution in [3.8, 4) is 0 Å². The van der Waals surface area contributed by atoms with Gasteiger partial charge in [0.05, 0.1) is 15.6 Å². The molecule has 0 unspecified atom stereocenters. The molecule has 23 heavy (non-hydrogen) atoms. The Kier molecular flexibility index (Phi) is 5.13. The number of hydrogen-bond acceptors (Lipinski definition) is 3. The van der Waals surface area contributed by atoms with Crippen LogP contribution in [-0.4, -0.2) is 17.5 Å². The molecule has 0 saturated heterocycles. The maximum Gasteiger partial charge on any atom is 0.326 e. The van der Waals surface area contributed by atoms with Crippen LogP contribution in [0.5, 0.6) is 0 Å². The van der Waals surface area contributed by atoms with E-state index in [1.165, 1.54) is 35.2 Å². The molecule has 0 aromatic heterocycles. The van der Waals surface area contributed by atoms with E-state index in [1.54, 1.807) is 13.0 Å². The van der Waals surface area contributed by atoms with Crippen molar-refractivity contribution in [2.45, 2.75) is 6.92 Å². The van der Waals surface area contributed by atoms with Gasteiger partial charge in [-0.05, 0) is 31.2 Å². The minimum Gasteiger partial charge on any atom is -0.306 e. The van der Waals surface area contributed by atoms with E-state index in [2.05, 4.69) is 5.32 Å². The third-order valence-corrected chi connectivity index (χ3v) is 3.40. The molecule has 0 aliphatic rings. The summed E-state index contributed by atoms with van der Waals surface area (Å²) in [6.45, 7) is 2.04. The number of carbonyl (C=O) groups excluding carboxylic acids is 1. The summed E-state index contributed by atoms with van der Waals surface area (Å²) in [4.78, 5) is 23.7. The molecule has 8 heteroatoms. The maximum atomic E-state index is 13.3. The van der Waals surface area contributed by atoms with Gasteiger partial charge in [0.2, 0.25) is 0 Å². The standard InChI is InChI=1S/C15H13ClFN3O3/c1-2-19(11-5-3-4-10(17)8-11)15(21)18-14-7-6-12(20(22)23)9-13(14)16/h3-9H,2H2,1H3,(H,18,21). The van der Waals surface area contributed by atoms with Crippen molar-refractivity contribution in [2.24, 2.45) is 0 Å². The lowest BCUT2D eigenvalue weighted by atomic mass is 10.2. The minimum absolute atomic E-state index is 0.0443. The maximum absolute atomic E-state index is 13.3. The van der Waals surface area contributed by atoms with Gasteiger partial charge in [-0.15, -0.1) is 0 Å². The zero-order chi connectivity index (χ0) is 17.0. The summed E-state index contributed by atoms with van der Waals surface area (Å²) in [7, 11) is 0. The summed E-state index contributed by atoms with van der Waals surface area (Å²) in [5.41, 5.74) is 0.450. The molecule has 0 fully saturated rings. The molecule has 0 bridgehead atoms. The first-order chi connectivity index (χ1) is 10.9. The van der Waals surface area contributed by atoms with Crippen LogP contribution in [0.4, 0.5) is 26.2 Å². The van der Waals surface area contributed by atoms with Gasteiger partial charge < -0.3 is 5.32 Å². The number of urea groups is 1. The number of benzene rings is 2. The number of nitrogens with one attached hydrogen (secondary N) is 1. The zero-order valence-electron chi connectivity index (χ0n) is 12.1. The number of anilines is 2. The van der Waals surface area contributed by atoms with Gasteiger partial charge in [-0.2, -0.15) is 0 Å². The van der Waals surface area contributed by atoms with Gasteiger partial charge in [-0.3, -0.25) is 15.0 Å². The highest BCUT2D eigenvalue weighted by Gasteiger charge is 2.17. The van der Waals surface area contributed by atoms with E-state index in [9.17, 15) is 19.3 Å². The number of nitro groups is 1. The zero-order valence-corrected chi connectivity index (χ0v) is 12.9. The Labute approximate surface area is 136 Å². The van der Waals surface area contributed by atoms with Crippen LogP contribution in [0.2, 0.25) is 5.02 Å². The van der Waals surface area contributed by atoms with Crippen LogP contribution in [0.25, 0.3) is 0 Å². The Morgan fingerprint density at radius 3 is 2.65 bits per heavy atom. The highest BCUT2D eigenvalue weighted by Crippen LogP contribution is 2.27. The summed E-state index contributed by atoms with van der Waals surface area (Å²) in [6.07, 6.45) is 0. The molecule has 1 N–H and O–H groups in total. The van der Waals surface area contributed by atoms with Gasteiger partial charge in [-0.25, -0.2) is 9.18 Å². The topological polar surface area (TPSA) is 75.5 Å². The van der Waals surface area contributed by atoms with Crippen LogP contribution in [0.1, 0.15) is 6.92 Å². The first-order valence-corrected chi connectivity index (χ1v) is 7.08. The number of non-ortho nitro benzene ring substituents is 1. The normalized spacial score (nSPS) is 10.2. The summed E-state index contributed by atoms with van der Waals surface area (Å²) >= 11 is 5.94. The van der Waals surface area contributed by atoms with Crippen LogP contribution in [0.3, 0.4) is 0 Å². The second kappa shape index (κ2) is 7.06. The monoisotopic (exact) mass is 337 g/mol. The Bertz CT molecular complexity index is 754. The van der Waals surface area contributed by atoms with E-state index in [1.807, 2.05) is 0 Å². The van der Waals surface area contributed by atoms with E-state index in [0.29, 0.717) is 12.2 Å². The fourth-order valence-electron chi connectivity index (χ4n) is 1.99. The molecule has 0 aliphatic heterocycles. The third kappa shape index (κ3) is 3.95. The molecule has 0 radical (unpaired) electrons. The highest BCUT2D eigenvalue weighted by molar-refractivity contribution is 6.34. The number of rotatable bonds is 4. The molecule has 0 atom stereocenters. The third-order valence-electron chi connectivity index (χ3n) is 3.09. The van der Waals surface area contributed by atoms with Gasteiger partial charge in [0.25, 0.3) is 5.69 Å². The number of nitro benzene ring substituents is 1. The number of carbonyl (C=O) groups is 1. The SMILES string of the molecule is CCN(C(=O)Nc1ccc([N+](=O)[O-])cc1Cl)c1cccc(F)c1. The lowest BCUT2D eigenvalue weighted by Gasteiger charge is -2.21. The first kappa shape index (κ1) is 16.7. The van der Waals surface area contributed by atoms with Crippen molar-refractivity contribution in [3.05, 3.63) is 63.4 Å². The number of halogens is 2. The molecule has 6 nitrogen and oxygen atoms in total. The summed E-state index contributed by atoms with van der Waals surface area (Å²) in [5, 5.41) is 13.3. The van der Waals surface area contributed by atoms with Crippen molar-refractivity contribution < 1.29 is 14.1 Å². The smallest absolute Gasteiger partial charge is 0.306 e. The molecule has 2 aromatic rings. The Hall–Kier alpha value is -2.67. The van der Waals surface area contributed by atoms with Crippen molar-refractivity contribution in [1.29, 1.82) is 0 Å². The van der Waals surface area contributed by atoms with Gasteiger partial charge in [0, 0.05) is 24.4 Å². The van der Waals surface area contributed by atoms with Crippen LogP contribution < -0.4 is 10.2 Å². The van der Waals surface area contributed by atoms with E-state index in [-0.39, 0.29) is 16.4 Å². The van der Waals surface area contributed by atoms with E-state index < -0.39 is 16.8 Å². The van der Waals surface area contributed by atoms with Crippen LogP contribution in [0, 0.1) is 15.9 Å². The second-order valence-electron chi connectivity index (χ2n) is 4.58. The number of hydrogen-bond donors (Lipinski definition) is 1. The van der Waals surface area contributed by atoms with Crippen molar-refractivity contribution in [2.75, 3.05) is 16.8 Å². The number of amides is 2. The summed E-state index contributed by atoms with van der Waals surface area (Å²) in [5.74, 6) is -0.456. The molecule has 2 aromatic carbocycles. The van der Waals surface area contributed by atoms with E-state index in [4.69, 9.17) is 11.6 Å². The minimum atomic E-state index is -0.581. The average molecular weight is 338 g/mol. The quantitative estimate of drug-likeness (QED) is 0.661. The van der Waals surface area contributed by atoms with Crippen LogP contribution in [-0.2, 0) is 0 Å². The lowest BCUT2D eigenvalue weighted by molar-refractivity contribution is -0.384. The van der Waals surface area contributed by atoms with Crippen molar-refractivity contribution in [1.82, 2.24) is 0 Å². The summed E-state index contributed by atoms with van der Waals surface area (Å²) in [6, 6.07) is 8.83. The molecular weight excluding hydrogens is 325 g/mol. The Morgan fingerprint density at radius 1 is 1.35 bits per heavy atom. The largest absolute Gasteiger partial charge is 0.326 e. The van der Waals surface area contributed by atoms with Crippen LogP contribution in [0.15, 0.2) is 42.5 Å². The van der Waals surface area contributed by atoms with Crippen molar-refractivity contribution in [3.63, 3.8) is 0 Å². The Balaban J connectivity index is 2.21. The molecule has 0 spiro atoms. The molecule has 0 aliphatic carbocycles. The van der Waals surface area contributed by atoms with E-state index in [0.717, 1.165) is 6.07 Å². The molecule has 120 valence electrons. The van der Waals surface area contributed by atoms with Crippen LogP contribution >= 0.6 is 11.6 Å². The average Bonchev–Trinajstić information content (AvgIpc) is 2.50. The van der Waals surface area contributed by atoms with E-state index >= 15 is 0 Å². The fraction of sp³-hybridized carbons (Fsp3) is 0.133. The fourth-order valence-corrected chi connectivity index (χ4v) is 2.21. The first-order valence-electron chi connectivity index (χ1n) is 6.70. The van der Waals surface area contributed by atoms with Gasteiger partial charge in [0.15, 0.2) is 0 Å². The molecule has 2 rings (SSSR count). The van der Waals surface area contributed by atoms with Crippen molar-refractivity contribution >= 4 is 34.7 Å². The van der Waals surface area contributed by atoms with Gasteiger partial charge in [0.1, 0.15) is 5.82 Å². The van der Waals surface area contributed by atoms with Gasteiger partial charge in [-0.1, -0.05) is 17.7 Å². The number of nitrogens with zero attached hydrogens (tertiary/aromatic N) is 2. The predicted octanol–water partition coefficient (Wildman–Crippen LogP) is 4.45. The molecule has 2 amide bonds. The van der Waals surface area contributed by atoms with Gasteiger partial charge >= 0.3 is 6.03 Å². The Morgan fingerprint density at radius 2 is 2.09 bits per heavy atom. The lowest BCUT2D eigenvalue weighted by Crippen LogP contribution is -2.34. The predicted molar refractivity (Wildman–Crippen MR) is 86.5 cm³/mol. The molecule has 0 saturated carbocycles. The molecular formula is C15H13ClFN3O3. The summed E-state index contributed by atoms with van der Waals surface area (Å²) < 4.78 is 13.3. The molecule has 0 heterocycles. The second-order valence-corrected chi connectivity index (χ2v) is 4.98.